The first-order valence-corrected chi connectivity index (χ1v) is 4.34. The smallest absolute Gasteiger partial charge is 0.161 e. The highest BCUT2D eigenvalue weighted by Gasteiger charge is 2.31. The summed E-state index contributed by atoms with van der Waals surface area (Å²) in [7, 11) is 0. The Labute approximate surface area is 73.3 Å². The van der Waals surface area contributed by atoms with Crippen molar-refractivity contribution >= 4 is 5.78 Å². The third kappa shape index (κ3) is 1.75. The lowest BCUT2D eigenvalue weighted by atomic mass is 9.84. The number of aliphatic hydroxyl groups excluding tert-OH is 1. The Hall–Kier alpha value is -0.630. The summed E-state index contributed by atoms with van der Waals surface area (Å²) in [5, 5.41) is 9.77. The molecule has 12 heavy (non-hydrogen) atoms. The second-order valence-electron chi connectivity index (χ2n) is 4.39. The fourth-order valence-corrected chi connectivity index (χ4v) is 1.35. The average molecular weight is 168 g/mol. The number of hydrogen-bond donors (Lipinski definition) is 1. The molecule has 68 valence electrons. The third-order valence-corrected chi connectivity index (χ3v) is 2.17. The van der Waals surface area contributed by atoms with Gasteiger partial charge in [-0.2, -0.15) is 0 Å². The summed E-state index contributed by atoms with van der Waals surface area (Å²) >= 11 is 0. The van der Waals surface area contributed by atoms with Crippen molar-refractivity contribution in [3.8, 4) is 0 Å². The maximum Gasteiger partial charge on any atom is 0.161 e. The summed E-state index contributed by atoms with van der Waals surface area (Å²) in [5.74, 6) is 0.109. The highest BCUT2D eigenvalue weighted by Crippen LogP contribution is 2.29. The molecule has 0 bridgehead atoms. The van der Waals surface area contributed by atoms with E-state index in [1.807, 2.05) is 26.8 Å². The lowest BCUT2D eigenvalue weighted by molar-refractivity contribution is -0.116. The van der Waals surface area contributed by atoms with E-state index in [1.54, 1.807) is 0 Å². The van der Waals surface area contributed by atoms with Crippen molar-refractivity contribution < 1.29 is 9.90 Å². The van der Waals surface area contributed by atoms with Crippen LogP contribution in [0.3, 0.4) is 0 Å². The normalized spacial score (nSPS) is 21.0. The van der Waals surface area contributed by atoms with Crippen LogP contribution in [0.5, 0.6) is 0 Å². The minimum absolute atomic E-state index is 0.109. The number of aliphatic hydroxyl groups is 1. The lowest BCUT2D eigenvalue weighted by Crippen LogP contribution is -2.30. The standard InChI is InChI=1S/C10H16O2/c1-10(2,3)9(12)7-5-4-6-8(7)11/h5,9,12H,4,6H2,1-3H3/t9-/m1/s1. The van der Waals surface area contributed by atoms with E-state index < -0.39 is 6.10 Å². The quantitative estimate of drug-likeness (QED) is 0.646. The molecule has 0 unspecified atom stereocenters. The van der Waals surface area contributed by atoms with E-state index in [0.29, 0.717) is 12.0 Å². The van der Waals surface area contributed by atoms with E-state index in [9.17, 15) is 9.90 Å². The molecule has 0 aromatic heterocycles. The molecule has 0 saturated heterocycles. The van der Waals surface area contributed by atoms with Crippen molar-refractivity contribution in [2.24, 2.45) is 5.41 Å². The highest BCUT2D eigenvalue weighted by atomic mass is 16.3. The molecule has 2 nitrogen and oxygen atoms in total. The van der Waals surface area contributed by atoms with Crippen molar-refractivity contribution in [3.05, 3.63) is 11.6 Å². The molecule has 1 N–H and O–H groups in total. The molecule has 0 aromatic rings. The molecule has 0 spiro atoms. The van der Waals surface area contributed by atoms with Gasteiger partial charge >= 0.3 is 0 Å². The van der Waals surface area contributed by atoms with Crippen LogP contribution in [0, 0.1) is 5.41 Å². The fourth-order valence-electron chi connectivity index (χ4n) is 1.35. The zero-order valence-corrected chi connectivity index (χ0v) is 7.92. The lowest BCUT2D eigenvalue weighted by Gasteiger charge is -2.26. The summed E-state index contributed by atoms with van der Waals surface area (Å²) in [4.78, 5) is 11.2. The maximum atomic E-state index is 11.2. The van der Waals surface area contributed by atoms with Crippen LogP contribution < -0.4 is 0 Å². The Morgan fingerprint density at radius 3 is 2.42 bits per heavy atom. The Balaban J connectivity index is 2.77. The van der Waals surface area contributed by atoms with Gasteiger partial charge in [0.1, 0.15) is 0 Å². The molecule has 0 heterocycles. The number of allylic oxidation sites excluding steroid dienone is 1. The van der Waals surface area contributed by atoms with Crippen LogP contribution in [-0.2, 0) is 4.79 Å². The number of rotatable bonds is 1. The molecule has 0 radical (unpaired) electrons. The number of hydrogen-bond acceptors (Lipinski definition) is 2. The Morgan fingerprint density at radius 1 is 1.50 bits per heavy atom. The number of ketones is 1. The maximum absolute atomic E-state index is 11.2. The van der Waals surface area contributed by atoms with Crippen LogP contribution in [0.25, 0.3) is 0 Å². The molecule has 0 amide bonds. The topological polar surface area (TPSA) is 37.3 Å². The van der Waals surface area contributed by atoms with Crippen molar-refractivity contribution in [2.45, 2.75) is 39.7 Å². The number of carbonyl (C=O) groups is 1. The molecule has 1 rings (SSSR count). The molecular formula is C10H16O2. The van der Waals surface area contributed by atoms with Crippen molar-refractivity contribution in [1.82, 2.24) is 0 Å². The Kier molecular flexibility index (Phi) is 2.38. The van der Waals surface area contributed by atoms with Gasteiger partial charge in [-0.15, -0.1) is 0 Å². The van der Waals surface area contributed by atoms with Crippen LogP contribution >= 0.6 is 0 Å². The van der Waals surface area contributed by atoms with E-state index in [1.165, 1.54) is 0 Å². The molecule has 1 aliphatic carbocycles. The Morgan fingerprint density at radius 2 is 2.08 bits per heavy atom. The van der Waals surface area contributed by atoms with Gasteiger partial charge in [0, 0.05) is 12.0 Å². The zero-order valence-electron chi connectivity index (χ0n) is 7.92. The van der Waals surface area contributed by atoms with Gasteiger partial charge in [-0.1, -0.05) is 26.8 Å². The van der Waals surface area contributed by atoms with Crippen LogP contribution in [0.1, 0.15) is 33.6 Å². The van der Waals surface area contributed by atoms with Crippen LogP contribution in [0.4, 0.5) is 0 Å². The van der Waals surface area contributed by atoms with Gasteiger partial charge in [-0.25, -0.2) is 0 Å². The van der Waals surface area contributed by atoms with Gasteiger partial charge < -0.3 is 5.11 Å². The molecule has 2 heteroatoms. The summed E-state index contributed by atoms with van der Waals surface area (Å²) in [6.07, 6.45) is 2.62. The molecule has 0 fully saturated rings. The zero-order chi connectivity index (χ0) is 9.35. The number of Topliss-reactive ketones (excluding diaryl/α,β-unsaturated/α-hetero) is 1. The van der Waals surface area contributed by atoms with Gasteiger partial charge in [0.15, 0.2) is 5.78 Å². The predicted octanol–water partition coefficient (Wildman–Crippen LogP) is 1.68. The first kappa shape index (κ1) is 9.46. The van der Waals surface area contributed by atoms with Gasteiger partial charge in [0.25, 0.3) is 0 Å². The second-order valence-corrected chi connectivity index (χ2v) is 4.39. The third-order valence-electron chi connectivity index (χ3n) is 2.17. The van der Waals surface area contributed by atoms with Gasteiger partial charge in [-0.05, 0) is 11.8 Å². The van der Waals surface area contributed by atoms with Crippen molar-refractivity contribution in [3.63, 3.8) is 0 Å². The molecule has 1 atom stereocenters. The SMILES string of the molecule is CC(C)(C)[C@H](O)C1=CCCC1=O. The summed E-state index contributed by atoms with van der Waals surface area (Å²) in [5.41, 5.74) is 0.383. The van der Waals surface area contributed by atoms with E-state index >= 15 is 0 Å². The summed E-state index contributed by atoms with van der Waals surface area (Å²) in [6, 6.07) is 0. The first-order chi connectivity index (χ1) is 5.43. The van der Waals surface area contributed by atoms with Gasteiger partial charge in [0.2, 0.25) is 0 Å². The average Bonchev–Trinajstić information content (AvgIpc) is 2.31. The Bertz CT molecular complexity index is 220. The van der Waals surface area contributed by atoms with E-state index in [-0.39, 0.29) is 11.2 Å². The summed E-state index contributed by atoms with van der Waals surface area (Å²) in [6.45, 7) is 5.80. The molecule has 0 saturated carbocycles. The van der Waals surface area contributed by atoms with Gasteiger partial charge in [0.05, 0.1) is 6.10 Å². The van der Waals surface area contributed by atoms with Gasteiger partial charge in [-0.3, -0.25) is 4.79 Å². The molecular weight excluding hydrogens is 152 g/mol. The fraction of sp³-hybridized carbons (Fsp3) is 0.700. The van der Waals surface area contributed by atoms with Crippen LogP contribution in [-0.4, -0.2) is 17.0 Å². The van der Waals surface area contributed by atoms with Crippen molar-refractivity contribution in [1.29, 1.82) is 0 Å². The minimum atomic E-state index is -0.604. The summed E-state index contributed by atoms with van der Waals surface area (Å²) < 4.78 is 0. The van der Waals surface area contributed by atoms with Crippen LogP contribution in [0.2, 0.25) is 0 Å². The highest BCUT2D eigenvalue weighted by molar-refractivity contribution is 5.98. The monoisotopic (exact) mass is 168 g/mol. The largest absolute Gasteiger partial charge is 0.388 e. The second kappa shape index (κ2) is 3.02. The molecule has 0 aromatic carbocycles. The van der Waals surface area contributed by atoms with Crippen molar-refractivity contribution in [2.75, 3.05) is 0 Å². The predicted molar refractivity (Wildman–Crippen MR) is 47.8 cm³/mol. The first-order valence-electron chi connectivity index (χ1n) is 4.34. The minimum Gasteiger partial charge on any atom is -0.388 e. The molecule has 1 aliphatic rings. The van der Waals surface area contributed by atoms with E-state index in [0.717, 1.165) is 6.42 Å². The molecule has 0 aliphatic heterocycles. The van der Waals surface area contributed by atoms with E-state index in [4.69, 9.17) is 0 Å². The van der Waals surface area contributed by atoms with Crippen LogP contribution in [0.15, 0.2) is 11.6 Å². The number of carbonyl (C=O) groups excluding carboxylic acids is 1. The van der Waals surface area contributed by atoms with E-state index in [2.05, 4.69) is 0 Å².